The number of nitrogens with zero attached hydrogens (tertiary/aromatic N) is 3. The van der Waals surface area contributed by atoms with Gasteiger partial charge in [0.1, 0.15) is 0 Å². The number of amides is 1. The largest absolute Gasteiger partial charge is 0.351 e. The first kappa shape index (κ1) is 10.7. The van der Waals surface area contributed by atoms with E-state index < -0.39 is 0 Å². The molecule has 0 saturated carbocycles. The summed E-state index contributed by atoms with van der Waals surface area (Å²) in [5.74, 6) is -0.178. The smallest absolute Gasteiger partial charge is 0.273 e. The summed E-state index contributed by atoms with van der Waals surface area (Å²) < 4.78 is 1.68. The quantitative estimate of drug-likeness (QED) is 0.760. The third-order valence-electron chi connectivity index (χ3n) is 1.75. The van der Waals surface area contributed by atoms with Gasteiger partial charge in [0.2, 0.25) is 0 Å². The van der Waals surface area contributed by atoms with Crippen LogP contribution in [0.5, 0.6) is 0 Å². The molecule has 0 aromatic carbocycles. The Bertz CT molecular complexity index is 324. The van der Waals surface area contributed by atoms with Crippen LogP contribution in [0.3, 0.4) is 0 Å². The van der Waals surface area contributed by atoms with Crippen LogP contribution >= 0.6 is 0 Å². The molecule has 0 atom stereocenters. The van der Waals surface area contributed by atoms with Crippen molar-refractivity contribution in [3.63, 3.8) is 0 Å². The van der Waals surface area contributed by atoms with Crippen molar-refractivity contribution in [3.05, 3.63) is 11.9 Å². The lowest BCUT2D eigenvalue weighted by molar-refractivity contribution is 0.0951. The molecule has 0 saturated heterocycles. The first-order valence-corrected chi connectivity index (χ1v) is 4.66. The number of aromatic nitrogens is 3. The zero-order valence-electron chi connectivity index (χ0n) is 9.03. The molecule has 0 aliphatic carbocycles. The highest BCUT2D eigenvalue weighted by Gasteiger charge is 2.17. The van der Waals surface area contributed by atoms with Gasteiger partial charge in [-0.3, -0.25) is 4.79 Å². The first-order chi connectivity index (χ1) is 6.45. The zero-order chi connectivity index (χ0) is 10.8. The van der Waals surface area contributed by atoms with Gasteiger partial charge in [-0.15, -0.1) is 5.10 Å². The fraction of sp³-hybridized carbons (Fsp3) is 0.667. The van der Waals surface area contributed by atoms with Crippen LogP contribution in [0, 0.1) is 0 Å². The van der Waals surface area contributed by atoms with Gasteiger partial charge in [0.15, 0.2) is 5.69 Å². The molecule has 0 fully saturated rings. The first-order valence-electron chi connectivity index (χ1n) is 4.66. The SMILES string of the molecule is CCNC(=O)c1cn(C(C)(C)C)nn1. The predicted octanol–water partition coefficient (Wildman–Crippen LogP) is 0.783. The van der Waals surface area contributed by atoms with Crippen molar-refractivity contribution in [1.29, 1.82) is 0 Å². The third-order valence-corrected chi connectivity index (χ3v) is 1.75. The highest BCUT2D eigenvalue weighted by molar-refractivity contribution is 5.91. The second-order valence-electron chi connectivity index (χ2n) is 4.08. The van der Waals surface area contributed by atoms with E-state index in [4.69, 9.17) is 0 Å². The molecular formula is C9H16N4O. The van der Waals surface area contributed by atoms with E-state index in [9.17, 15) is 4.79 Å². The third kappa shape index (κ3) is 2.31. The average molecular weight is 196 g/mol. The molecule has 1 amide bonds. The van der Waals surface area contributed by atoms with E-state index in [1.54, 1.807) is 10.9 Å². The zero-order valence-corrected chi connectivity index (χ0v) is 9.03. The maximum absolute atomic E-state index is 11.4. The second kappa shape index (κ2) is 3.77. The summed E-state index contributed by atoms with van der Waals surface area (Å²) in [6, 6.07) is 0. The number of nitrogens with one attached hydrogen (secondary N) is 1. The molecule has 0 unspecified atom stereocenters. The minimum Gasteiger partial charge on any atom is -0.351 e. The summed E-state index contributed by atoms with van der Waals surface area (Å²) in [6.07, 6.45) is 1.66. The molecular weight excluding hydrogens is 180 g/mol. The fourth-order valence-electron chi connectivity index (χ4n) is 0.947. The van der Waals surface area contributed by atoms with Crippen LogP contribution in [0.2, 0.25) is 0 Å². The monoisotopic (exact) mass is 196 g/mol. The minimum absolute atomic E-state index is 0.141. The van der Waals surface area contributed by atoms with Crippen molar-refractivity contribution in [2.75, 3.05) is 6.54 Å². The number of carbonyl (C=O) groups excluding carboxylic acids is 1. The molecule has 1 aromatic rings. The van der Waals surface area contributed by atoms with Crippen LogP contribution in [0.25, 0.3) is 0 Å². The summed E-state index contributed by atoms with van der Waals surface area (Å²) in [5.41, 5.74) is 0.222. The average Bonchev–Trinajstić information content (AvgIpc) is 2.51. The highest BCUT2D eigenvalue weighted by atomic mass is 16.1. The van der Waals surface area contributed by atoms with Crippen LogP contribution in [0.1, 0.15) is 38.2 Å². The van der Waals surface area contributed by atoms with E-state index in [-0.39, 0.29) is 11.4 Å². The molecule has 5 nitrogen and oxygen atoms in total. The summed E-state index contributed by atoms with van der Waals surface area (Å²) >= 11 is 0. The van der Waals surface area contributed by atoms with Crippen molar-refractivity contribution in [3.8, 4) is 0 Å². The molecule has 1 N–H and O–H groups in total. The van der Waals surface area contributed by atoms with Gasteiger partial charge < -0.3 is 5.32 Å². The maximum Gasteiger partial charge on any atom is 0.273 e. The summed E-state index contributed by atoms with van der Waals surface area (Å²) in [4.78, 5) is 11.4. The van der Waals surface area contributed by atoms with Gasteiger partial charge in [-0.1, -0.05) is 5.21 Å². The van der Waals surface area contributed by atoms with E-state index in [1.165, 1.54) is 0 Å². The number of carbonyl (C=O) groups is 1. The Morgan fingerprint density at radius 1 is 1.57 bits per heavy atom. The minimum atomic E-state index is -0.178. The lowest BCUT2D eigenvalue weighted by Gasteiger charge is -2.17. The Balaban J connectivity index is 2.83. The van der Waals surface area contributed by atoms with Gasteiger partial charge in [-0.2, -0.15) is 0 Å². The van der Waals surface area contributed by atoms with Crippen molar-refractivity contribution < 1.29 is 4.79 Å². The van der Waals surface area contributed by atoms with E-state index >= 15 is 0 Å². The van der Waals surface area contributed by atoms with Gasteiger partial charge in [0, 0.05) is 6.54 Å². The molecule has 0 aliphatic heterocycles. The van der Waals surface area contributed by atoms with E-state index in [1.807, 2.05) is 27.7 Å². The number of hydrogen-bond acceptors (Lipinski definition) is 3. The lowest BCUT2D eigenvalue weighted by Crippen LogP contribution is -2.24. The van der Waals surface area contributed by atoms with Crippen molar-refractivity contribution in [1.82, 2.24) is 20.3 Å². The van der Waals surface area contributed by atoms with Crippen molar-refractivity contribution in [2.45, 2.75) is 33.2 Å². The summed E-state index contributed by atoms with van der Waals surface area (Å²) in [7, 11) is 0. The molecule has 0 aliphatic rings. The highest BCUT2D eigenvalue weighted by Crippen LogP contribution is 2.11. The Kier molecular flexibility index (Phi) is 2.88. The van der Waals surface area contributed by atoms with Crippen LogP contribution in [-0.4, -0.2) is 27.4 Å². The van der Waals surface area contributed by atoms with Crippen LogP contribution < -0.4 is 5.32 Å². The normalized spacial score (nSPS) is 11.4. The topological polar surface area (TPSA) is 59.8 Å². The molecule has 14 heavy (non-hydrogen) atoms. The molecule has 78 valence electrons. The predicted molar refractivity (Wildman–Crippen MR) is 53.0 cm³/mol. The van der Waals surface area contributed by atoms with Crippen LogP contribution in [0.15, 0.2) is 6.20 Å². The summed E-state index contributed by atoms with van der Waals surface area (Å²) in [6.45, 7) is 8.48. The van der Waals surface area contributed by atoms with Gasteiger partial charge in [0.25, 0.3) is 5.91 Å². The van der Waals surface area contributed by atoms with Crippen LogP contribution in [0.4, 0.5) is 0 Å². The molecule has 1 rings (SSSR count). The molecule has 1 heterocycles. The van der Waals surface area contributed by atoms with E-state index in [0.29, 0.717) is 12.2 Å². The van der Waals surface area contributed by atoms with Gasteiger partial charge >= 0.3 is 0 Å². The van der Waals surface area contributed by atoms with Crippen LogP contribution in [-0.2, 0) is 5.54 Å². The van der Waals surface area contributed by atoms with Gasteiger partial charge in [0.05, 0.1) is 11.7 Å². The second-order valence-corrected chi connectivity index (χ2v) is 4.08. The van der Waals surface area contributed by atoms with Gasteiger partial charge in [-0.25, -0.2) is 4.68 Å². The van der Waals surface area contributed by atoms with Gasteiger partial charge in [-0.05, 0) is 27.7 Å². The standard InChI is InChI=1S/C9H16N4O/c1-5-10-8(14)7-6-13(12-11-7)9(2,3)4/h6H,5H2,1-4H3,(H,10,14). The maximum atomic E-state index is 11.4. The Hall–Kier alpha value is -1.39. The number of hydrogen-bond donors (Lipinski definition) is 1. The lowest BCUT2D eigenvalue weighted by atomic mass is 10.1. The Morgan fingerprint density at radius 2 is 2.21 bits per heavy atom. The van der Waals surface area contributed by atoms with E-state index in [0.717, 1.165) is 0 Å². The molecule has 0 bridgehead atoms. The Labute approximate surface area is 83.5 Å². The van der Waals surface area contributed by atoms with Crippen molar-refractivity contribution >= 4 is 5.91 Å². The Morgan fingerprint density at radius 3 is 2.64 bits per heavy atom. The van der Waals surface area contributed by atoms with Crippen molar-refractivity contribution in [2.24, 2.45) is 0 Å². The molecule has 5 heteroatoms. The molecule has 0 radical (unpaired) electrons. The molecule has 1 aromatic heterocycles. The fourth-order valence-corrected chi connectivity index (χ4v) is 0.947. The number of rotatable bonds is 2. The summed E-state index contributed by atoms with van der Waals surface area (Å²) in [5, 5.41) is 10.4. The molecule has 0 spiro atoms. The van der Waals surface area contributed by atoms with E-state index in [2.05, 4.69) is 15.6 Å².